The maximum Gasteiger partial charge on any atom is 0.416 e. The number of alkyl halides is 3. The summed E-state index contributed by atoms with van der Waals surface area (Å²) in [6.45, 7) is 2.61. The molecule has 0 saturated carbocycles. The number of benzene rings is 1. The van der Waals surface area contributed by atoms with Crippen molar-refractivity contribution in [1.82, 2.24) is 19.9 Å². The number of rotatable bonds is 7. The average molecular weight is 583 g/mol. The van der Waals surface area contributed by atoms with Crippen LogP contribution in [0.3, 0.4) is 0 Å². The Hall–Kier alpha value is -3.16. The second-order valence-electron chi connectivity index (χ2n) is 9.30. The molecule has 2 aromatic heterocycles. The number of pyridine rings is 1. The summed E-state index contributed by atoms with van der Waals surface area (Å²) in [5.41, 5.74) is 1.22. The molecule has 5 rings (SSSR count). The molecule has 1 saturated heterocycles. The lowest BCUT2D eigenvalue weighted by atomic mass is 10.1. The van der Waals surface area contributed by atoms with E-state index in [1.54, 1.807) is 18.3 Å². The zero-order valence-electron chi connectivity index (χ0n) is 20.8. The number of nitrogens with zero attached hydrogens (tertiary/aromatic N) is 5. The van der Waals surface area contributed by atoms with Crippen molar-refractivity contribution in [2.24, 2.45) is 0 Å². The first kappa shape index (κ1) is 27.4. The van der Waals surface area contributed by atoms with Crippen LogP contribution in [0, 0.1) is 0 Å². The molecule has 1 fully saturated rings. The van der Waals surface area contributed by atoms with Crippen LogP contribution in [0.4, 0.5) is 30.5 Å². The van der Waals surface area contributed by atoms with Crippen LogP contribution in [0.25, 0.3) is 0 Å². The molecule has 14 heteroatoms. The number of hydrogen-bond acceptors (Lipinski definition) is 9. The number of ether oxygens (including phenoxy) is 1. The Labute approximate surface area is 228 Å². The lowest BCUT2D eigenvalue weighted by Gasteiger charge is -2.30. The molecule has 208 valence electrons. The quantitative estimate of drug-likeness (QED) is 0.444. The molecular formula is C25H26ClF3N6O3S. The summed E-state index contributed by atoms with van der Waals surface area (Å²) in [6, 6.07) is 8.35. The molecular weight excluding hydrogens is 557 g/mol. The van der Waals surface area contributed by atoms with E-state index >= 15 is 0 Å². The number of halogens is 4. The predicted molar refractivity (Wildman–Crippen MR) is 141 cm³/mol. The van der Waals surface area contributed by atoms with Gasteiger partial charge in [0, 0.05) is 43.6 Å². The summed E-state index contributed by atoms with van der Waals surface area (Å²) in [4.78, 5) is 17.6. The number of hydrogen-bond donors (Lipinski definition) is 1. The predicted octanol–water partition coefficient (Wildman–Crippen LogP) is 3.96. The minimum absolute atomic E-state index is 0.113. The van der Waals surface area contributed by atoms with E-state index in [1.807, 2.05) is 9.80 Å². The van der Waals surface area contributed by atoms with Crippen LogP contribution >= 0.6 is 11.6 Å². The third kappa shape index (κ3) is 6.71. The summed E-state index contributed by atoms with van der Waals surface area (Å²) in [6.07, 6.45) is -2.22. The van der Waals surface area contributed by atoms with Crippen LogP contribution in [-0.2, 0) is 29.0 Å². The van der Waals surface area contributed by atoms with Gasteiger partial charge in [-0.1, -0.05) is 11.6 Å². The molecule has 1 N–H and O–H groups in total. The number of nitrogens with one attached hydrogen (secondary N) is 1. The van der Waals surface area contributed by atoms with Crippen LogP contribution in [-0.4, -0.2) is 72.6 Å². The largest absolute Gasteiger partial charge is 0.462 e. The Bertz CT molecular complexity index is 1430. The summed E-state index contributed by atoms with van der Waals surface area (Å²) >= 11 is 6.36. The summed E-state index contributed by atoms with van der Waals surface area (Å²) in [7, 11) is -2.98. The summed E-state index contributed by atoms with van der Waals surface area (Å²) < 4.78 is 68.3. The highest BCUT2D eigenvalue weighted by atomic mass is 35.5. The van der Waals surface area contributed by atoms with Gasteiger partial charge in [0.05, 0.1) is 34.3 Å². The minimum Gasteiger partial charge on any atom is -0.462 e. The van der Waals surface area contributed by atoms with E-state index in [0.717, 1.165) is 17.7 Å². The van der Waals surface area contributed by atoms with E-state index in [-0.39, 0.29) is 24.1 Å². The van der Waals surface area contributed by atoms with E-state index < -0.39 is 21.6 Å². The van der Waals surface area contributed by atoms with E-state index in [0.29, 0.717) is 67.2 Å². The van der Waals surface area contributed by atoms with Crippen molar-refractivity contribution in [2.45, 2.75) is 19.1 Å². The Morgan fingerprint density at radius 1 is 1.05 bits per heavy atom. The van der Waals surface area contributed by atoms with Crippen molar-refractivity contribution >= 4 is 38.8 Å². The first-order valence-electron chi connectivity index (χ1n) is 12.3. The van der Waals surface area contributed by atoms with Crippen molar-refractivity contribution in [3.8, 4) is 6.01 Å². The maximum atomic E-state index is 13.0. The van der Waals surface area contributed by atoms with Crippen LogP contribution in [0.1, 0.15) is 16.8 Å². The third-order valence-corrected chi connectivity index (χ3v) is 8.54. The topological polar surface area (TPSA) is 101 Å². The molecule has 0 spiro atoms. The highest BCUT2D eigenvalue weighted by molar-refractivity contribution is 7.91. The van der Waals surface area contributed by atoms with Gasteiger partial charge in [0.2, 0.25) is 0 Å². The molecule has 39 heavy (non-hydrogen) atoms. The van der Waals surface area contributed by atoms with Crippen molar-refractivity contribution < 1.29 is 26.3 Å². The Morgan fingerprint density at radius 3 is 2.49 bits per heavy atom. The standard InChI is InChI=1S/C25H26ClF3N6O3S/c26-20-2-1-8-30-23(20)35-9-7-19-21(16-35)32-24(38-13-10-34-11-14-39(36,37)15-12-34)33-22(19)31-18-5-3-17(4-6-18)25(27,28)29/h1-6,8H,7,9-16H2,(H,31,32,33). The smallest absolute Gasteiger partial charge is 0.416 e. The zero-order valence-corrected chi connectivity index (χ0v) is 22.4. The molecule has 2 aliphatic heterocycles. The Kier molecular flexibility index (Phi) is 7.83. The monoisotopic (exact) mass is 582 g/mol. The fourth-order valence-corrected chi connectivity index (χ4v) is 6.00. The van der Waals surface area contributed by atoms with E-state index in [1.165, 1.54) is 12.1 Å². The molecule has 9 nitrogen and oxygen atoms in total. The molecule has 0 amide bonds. The Morgan fingerprint density at radius 2 is 1.79 bits per heavy atom. The van der Waals surface area contributed by atoms with E-state index in [2.05, 4.69) is 20.3 Å². The summed E-state index contributed by atoms with van der Waals surface area (Å²) in [5, 5.41) is 3.64. The normalized spacial score (nSPS) is 17.5. The lowest BCUT2D eigenvalue weighted by Crippen LogP contribution is -2.42. The molecule has 1 aromatic carbocycles. The van der Waals surface area contributed by atoms with Crippen molar-refractivity contribution in [2.75, 3.05) is 54.5 Å². The summed E-state index contributed by atoms with van der Waals surface area (Å²) in [5.74, 6) is 1.32. The molecule has 2 aliphatic rings. The van der Waals surface area contributed by atoms with Gasteiger partial charge in [-0.25, -0.2) is 13.4 Å². The van der Waals surface area contributed by atoms with Crippen LogP contribution in [0.15, 0.2) is 42.6 Å². The second kappa shape index (κ2) is 11.1. The van der Waals surface area contributed by atoms with Gasteiger partial charge in [0.15, 0.2) is 9.84 Å². The number of anilines is 3. The lowest BCUT2D eigenvalue weighted by molar-refractivity contribution is -0.137. The van der Waals surface area contributed by atoms with Crippen molar-refractivity contribution in [1.29, 1.82) is 0 Å². The molecule has 0 radical (unpaired) electrons. The van der Waals surface area contributed by atoms with Gasteiger partial charge in [-0.3, -0.25) is 4.90 Å². The van der Waals surface area contributed by atoms with Gasteiger partial charge in [0.1, 0.15) is 18.2 Å². The number of aromatic nitrogens is 3. The fourth-order valence-electron chi connectivity index (χ4n) is 4.49. The fraction of sp³-hybridized carbons (Fsp3) is 0.400. The van der Waals surface area contributed by atoms with Crippen molar-refractivity contribution in [3.05, 3.63) is 64.4 Å². The molecule has 3 aromatic rings. The van der Waals surface area contributed by atoms with Crippen LogP contribution in [0.2, 0.25) is 5.02 Å². The molecule has 0 unspecified atom stereocenters. The average Bonchev–Trinajstić information content (AvgIpc) is 2.89. The maximum absolute atomic E-state index is 13.0. The van der Waals surface area contributed by atoms with Gasteiger partial charge in [0.25, 0.3) is 0 Å². The van der Waals surface area contributed by atoms with E-state index in [4.69, 9.17) is 16.3 Å². The van der Waals surface area contributed by atoms with Gasteiger partial charge in [-0.15, -0.1) is 0 Å². The highest BCUT2D eigenvalue weighted by Gasteiger charge is 2.30. The zero-order chi connectivity index (χ0) is 27.6. The highest BCUT2D eigenvalue weighted by Crippen LogP contribution is 2.33. The van der Waals surface area contributed by atoms with Crippen LogP contribution < -0.4 is 15.0 Å². The van der Waals surface area contributed by atoms with Gasteiger partial charge < -0.3 is 15.0 Å². The van der Waals surface area contributed by atoms with Crippen LogP contribution in [0.5, 0.6) is 6.01 Å². The Balaban J connectivity index is 1.36. The number of sulfone groups is 1. The van der Waals surface area contributed by atoms with Crippen molar-refractivity contribution in [3.63, 3.8) is 0 Å². The SMILES string of the molecule is O=S1(=O)CCN(CCOc2nc3c(c(Nc4ccc(C(F)(F)F)cc4)n2)CCN(c2ncccc2Cl)C3)CC1. The second-order valence-corrected chi connectivity index (χ2v) is 12.0. The van der Waals surface area contributed by atoms with E-state index in [9.17, 15) is 21.6 Å². The van der Waals surface area contributed by atoms with Gasteiger partial charge in [-0.2, -0.15) is 23.1 Å². The van der Waals surface area contributed by atoms with Gasteiger partial charge >= 0.3 is 12.2 Å². The molecule has 0 bridgehead atoms. The third-order valence-electron chi connectivity index (χ3n) is 6.63. The first-order valence-corrected chi connectivity index (χ1v) is 14.5. The molecule has 0 aliphatic carbocycles. The number of fused-ring (bicyclic) bond motifs is 1. The molecule has 0 atom stereocenters. The van der Waals surface area contributed by atoms with Gasteiger partial charge in [-0.05, 0) is 42.8 Å². The molecule has 4 heterocycles. The first-order chi connectivity index (χ1) is 18.6. The minimum atomic E-state index is -4.43.